The molecule has 0 aromatic carbocycles. The SMILES string of the molecule is CC(C#N)CN(C)C(C)C(C)O. The smallest absolute Gasteiger partial charge is 0.0666 e. The van der Waals surface area contributed by atoms with Gasteiger partial charge in [0.1, 0.15) is 0 Å². The fourth-order valence-corrected chi connectivity index (χ4v) is 1.01. The van der Waals surface area contributed by atoms with Gasteiger partial charge in [-0.25, -0.2) is 0 Å². The van der Waals surface area contributed by atoms with Crippen molar-refractivity contribution < 1.29 is 5.11 Å². The number of aliphatic hydroxyl groups excluding tert-OH is 1. The maximum atomic E-state index is 9.25. The van der Waals surface area contributed by atoms with E-state index in [2.05, 4.69) is 6.07 Å². The summed E-state index contributed by atoms with van der Waals surface area (Å²) >= 11 is 0. The second-order valence-electron chi connectivity index (χ2n) is 3.45. The maximum Gasteiger partial charge on any atom is 0.0666 e. The van der Waals surface area contributed by atoms with E-state index in [0.717, 1.165) is 0 Å². The van der Waals surface area contributed by atoms with E-state index in [9.17, 15) is 5.11 Å². The van der Waals surface area contributed by atoms with E-state index in [1.165, 1.54) is 0 Å². The van der Waals surface area contributed by atoms with Crippen LogP contribution in [0, 0.1) is 17.2 Å². The highest BCUT2D eigenvalue weighted by atomic mass is 16.3. The Morgan fingerprint density at radius 1 is 1.42 bits per heavy atom. The summed E-state index contributed by atoms with van der Waals surface area (Å²) in [5.74, 6) is 0.0243. The molecule has 0 saturated heterocycles. The van der Waals surface area contributed by atoms with Crippen LogP contribution in [0.2, 0.25) is 0 Å². The molecule has 3 unspecified atom stereocenters. The summed E-state index contributed by atoms with van der Waals surface area (Å²) in [6.45, 7) is 6.31. The molecule has 0 aromatic heterocycles. The lowest BCUT2D eigenvalue weighted by Crippen LogP contribution is -2.39. The van der Waals surface area contributed by atoms with Gasteiger partial charge in [-0.05, 0) is 27.8 Å². The van der Waals surface area contributed by atoms with Gasteiger partial charge >= 0.3 is 0 Å². The Morgan fingerprint density at radius 3 is 2.25 bits per heavy atom. The van der Waals surface area contributed by atoms with E-state index in [0.29, 0.717) is 6.54 Å². The molecule has 3 nitrogen and oxygen atoms in total. The van der Waals surface area contributed by atoms with E-state index in [1.54, 1.807) is 6.92 Å². The Balaban J connectivity index is 3.88. The van der Waals surface area contributed by atoms with Crippen LogP contribution < -0.4 is 0 Å². The van der Waals surface area contributed by atoms with Crippen molar-refractivity contribution in [3.05, 3.63) is 0 Å². The summed E-state index contributed by atoms with van der Waals surface area (Å²) in [6, 6.07) is 2.28. The van der Waals surface area contributed by atoms with Crippen LogP contribution in [0.3, 0.4) is 0 Å². The van der Waals surface area contributed by atoms with Crippen molar-refractivity contribution in [2.75, 3.05) is 13.6 Å². The molecule has 0 aliphatic heterocycles. The average molecular weight is 170 g/mol. The largest absolute Gasteiger partial charge is 0.392 e. The zero-order valence-electron chi connectivity index (χ0n) is 8.28. The fourth-order valence-electron chi connectivity index (χ4n) is 1.01. The predicted molar refractivity (Wildman–Crippen MR) is 48.5 cm³/mol. The van der Waals surface area contributed by atoms with Crippen LogP contribution in [0.1, 0.15) is 20.8 Å². The Hall–Kier alpha value is -0.590. The number of likely N-dealkylation sites (N-methyl/N-ethyl adjacent to an activating group) is 1. The summed E-state index contributed by atoms with van der Waals surface area (Å²) in [5, 5.41) is 17.8. The maximum absolute atomic E-state index is 9.25. The minimum atomic E-state index is -0.346. The van der Waals surface area contributed by atoms with E-state index < -0.39 is 0 Å². The summed E-state index contributed by atoms with van der Waals surface area (Å²) in [4.78, 5) is 2.00. The molecule has 0 heterocycles. The molecule has 0 spiro atoms. The van der Waals surface area contributed by atoms with E-state index >= 15 is 0 Å². The number of hydrogen-bond acceptors (Lipinski definition) is 3. The second kappa shape index (κ2) is 5.13. The van der Waals surface area contributed by atoms with Crippen LogP contribution in [-0.4, -0.2) is 35.7 Å². The third kappa shape index (κ3) is 3.70. The van der Waals surface area contributed by atoms with Crippen LogP contribution in [0.15, 0.2) is 0 Å². The first-order valence-electron chi connectivity index (χ1n) is 4.27. The zero-order valence-corrected chi connectivity index (χ0v) is 8.28. The molecule has 0 radical (unpaired) electrons. The molecule has 0 rings (SSSR count). The molecular formula is C9H18N2O. The predicted octanol–water partition coefficient (Wildman–Crippen LogP) is 0.847. The fraction of sp³-hybridized carbons (Fsp3) is 0.889. The third-order valence-electron chi connectivity index (χ3n) is 2.18. The van der Waals surface area contributed by atoms with Crippen molar-refractivity contribution >= 4 is 0 Å². The van der Waals surface area contributed by atoms with E-state index in [4.69, 9.17) is 5.26 Å². The van der Waals surface area contributed by atoms with Gasteiger partial charge in [-0.15, -0.1) is 0 Å². The van der Waals surface area contributed by atoms with Gasteiger partial charge in [-0.1, -0.05) is 0 Å². The van der Waals surface area contributed by atoms with Gasteiger partial charge in [0.05, 0.1) is 18.1 Å². The van der Waals surface area contributed by atoms with Gasteiger partial charge in [0.2, 0.25) is 0 Å². The molecule has 3 atom stereocenters. The quantitative estimate of drug-likeness (QED) is 0.680. The molecular weight excluding hydrogens is 152 g/mol. The van der Waals surface area contributed by atoms with E-state index in [1.807, 2.05) is 25.8 Å². The van der Waals surface area contributed by atoms with Gasteiger partial charge in [-0.2, -0.15) is 5.26 Å². The van der Waals surface area contributed by atoms with Crippen molar-refractivity contribution in [2.45, 2.75) is 32.9 Å². The topological polar surface area (TPSA) is 47.3 Å². The van der Waals surface area contributed by atoms with Gasteiger partial charge in [0.25, 0.3) is 0 Å². The molecule has 0 amide bonds. The lowest BCUT2D eigenvalue weighted by molar-refractivity contribution is 0.0827. The van der Waals surface area contributed by atoms with Gasteiger partial charge in [0.15, 0.2) is 0 Å². The normalized spacial score (nSPS) is 18.4. The van der Waals surface area contributed by atoms with Crippen molar-refractivity contribution in [3.8, 4) is 6.07 Å². The summed E-state index contributed by atoms with van der Waals surface area (Å²) in [6.07, 6.45) is -0.346. The van der Waals surface area contributed by atoms with Crippen LogP contribution in [0.25, 0.3) is 0 Å². The standard InChI is InChI=1S/C9H18N2O/c1-7(5-10)6-11(4)8(2)9(3)12/h7-9,12H,6H2,1-4H3. The highest BCUT2D eigenvalue weighted by molar-refractivity contribution is 4.82. The van der Waals surface area contributed by atoms with Crippen molar-refractivity contribution in [1.29, 1.82) is 5.26 Å². The molecule has 12 heavy (non-hydrogen) atoms. The minimum Gasteiger partial charge on any atom is -0.392 e. The Bertz CT molecular complexity index is 162. The van der Waals surface area contributed by atoms with Gasteiger partial charge in [0, 0.05) is 12.6 Å². The Labute approximate surface area is 74.6 Å². The van der Waals surface area contributed by atoms with Crippen molar-refractivity contribution in [1.82, 2.24) is 4.90 Å². The van der Waals surface area contributed by atoms with Gasteiger partial charge < -0.3 is 5.11 Å². The third-order valence-corrected chi connectivity index (χ3v) is 2.18. The molecule has 0 aromatic rings. The van der Waals surface area contributed by atoms with Crippen LogP contribution in [0.4, 0.5) is 0 Å². The highest BCUT2D eigenvalue weighted by Crippen LogP contribution is 2.04. The number of nitrogens with zero attached hydrogens (tertiary/aromatic N) is 2. The van der Waals surface area contributed by atoms with Gasteiger partial charge in [-0.3, -0.25) is 4.90 Å². The number of hydrogen-bond donors (Lipinski definition) is 1. The summed E-state index contributed by atoms with van der Waals surface area (Å²) in [7, 11) is 1.92. The van der Waals surface area contributed by atoms with Crippen molar-refractivity contribution in [2.24, 2.45) is 5.92 Å². The number of aliphatic hydroxyl groups is 1. The first kappa shape index (κ1) is 11.4. The molecule has 1 N–H and O–H groups in total. The molecule has 0 saturated carbocycles. The molecule has 0 bridgehead atoms. The molecule has 3 heteroatoms. The lowest BCUT2D eigenvalue weighted by atomic mass is 10.1. The first-order valence-corrected chi connectivity index (χ1v) is 4.27. The zero-order chi connectivity index (χ0) is 9.72. The second-order valence-corrected chi connectivity index (χ2v) is 3.45. The molecule has 70 valence electrons. The molecule has 0 aliphatic rings. The summed E-state index contributed by atoms with van der Waals surface area (Å²) in [5.41, 5.74) is 0. The van der Waals surface area contributed by atoms with E-state index in [-0.39, 0.29) is 18.1 Å². The highest BCUT2D eigenvalue weighted by Gasteiger charge is 2.15. The summed E-state index contributed by atoms with van der Waals surface area (Å²) < 4.78 is 0. The van der Waals surface area contributed by atoms with Crippen molar-refractivity contribution in [3.63, 3.8) is 0 Å². The van der Waals surface area contributed by atoms with Crippen LogP contribution in [-0.2, 0) is 0 Å². The number of nitriles is 1. The van der Waals surface area contributed by atoms with Crippen LogP contribution in [0.5, 0.6) is 0 Å². The molecule has 0 fully saturated rings. The average Bonchev–Trinajstić information content (AvgIpc) is 2.02. The Kier molecular flexibility index (Phi) is 4.87. The number of rotatable bonds is 4. The lowest BCUT2D eigenvalue weighted by Gasteiger charge is -2.27. The minimum absolute atomic E-state index is 0.0243. The van der Waals surface area contributed by atoms with Crippen LogP contribution >= 0.6 is 0 Å². The Morgan fingerprint density at radius 2 is 1.92 bits per heavy atom. The monoisotopic (exact) mass is 170 g/mol. The first-order chi connectivity index (χ1) is 5.49. The molecule has 0 aliphatic carbocycles.